The third kappa shape index (κ3) is 4.66. The molecule has 2 aliphatic rings. The highest BCUT2D eigenvalue weighted by molar-refractivity contribution is 6.12. The van der Waals surface area contributed by atoms with Crippen molar-refractivity contribution < 1.29 is 14.4 Å². The van der Waals surface area contributed by atoms with Crippen molar-refractivity contribution in [2.24, 2.45) is 17.3 Å². The smallest absolute Gasteiger partial charge is 0.253 e. The maximum Gasteiger partial charge on any atom is 0.253 e. The summed E-state index contributed by atoms with van der Waals surface area (Å²) in [5.74, 6) is 0.450. The van der Waals surface area contributed by atoms with Crippen LogP contribution < -0.4 is 5.32 Å². The largest absolute Gasteiger partial charge is 0.356 e. The van der Waals surface area contributed by atoms with Gasteiger partial charge in [0, 0.05) is 31.2 Å². The minimum Gasteiger partial charge on any atom is -0.356 e. The average Bonchev–Trinajstić information content (AvgIpc) is 3.07. The molecule has 5 nitrogen and oxygen atoms in total. The summed E-state index contributed by atoms with van der Waals surface area (Å²) >= 11 is 0. The van der Waals surface area contributed by atoms with Gasteiger partial charge in [-0.3, -0.25) is 19.3 Å². The number of hydrogen-bond donors (Lipinski definition) is 1. The second-order valence-corrected chi connectivity index (χ2v) is 7.73. The molecule has 2 atom stereocenters. The molecule has 2 rings (SSSR count). The number of unbranched alkanes of at least 4 members (excludes halogenated alkanes) is 1. The number of nitrogens with zero attached hydrogens (tertiary/aromatic N) is 1. The fourth-order valence-electron chi connectivity index (χ4n) is 3.41. The fraction of sp³-hybridized carbons (Fsp3) is 0.722. The quantitative estimate of drug-likeness (QED) is 0.603. The lowest BCUT2D eigenvalue weighted by molar-refractivity contribution is -0.137. The van der Waals surface area contributed by atoms with E-state index in [1.54, 1.807) is 0 Å². The van der Waals surface area contributed by atoms with Gasteiger partial charge in [-0.05, 0) is 43.4 Å². The molecule has 0 aromatic carbocycles. The molecule has 23 heavy (non-hydrogen) atoms. The number of nitrogens with one attached hydrogen (secondary N) is 1. The minimum atomic E-state index is -0.238. The zero-order valence-corrected chi connectivity index (χ0v) is 14.4. The summed E-state index contributed by atoms with van der Waals surface area (Å²) < 4.78 is 0. The van der Waals surface area contributed by atoms with Crippen LogP contribution in [0, 0.1) is 17.3 Å². The van der Waals surface area contributed by atoms with Gasteiger partial charge in [0.1, 0.15) is 0 Å². The molecule has 5 heteroatoms. The Balaban J connectivity index is 1.61. The van der Waals surface area contributed by atoms with Crippen LogP contribution in [0.15, 0.2) is 12.2 Å². The number of imide groups is 1. The van der Waals surface area contributed by atoms with Crippen molar-refractivity contribution >= 4 is 17.7 Å². The number of carbonyl (C=O) groups is 3. The molecule has 0 bridgehead atoms. The Labute approximate surface area is 138 Å². The van der Waals surface area contributed by atoms with Gasteiger partial charge in [0.15, 0.2) is 0 Å². The zero-order chi connectivity index (χ0) is 17.0. The highest BCUT2D eigenvalue weighted by Crippen LogP contribution is 2.42. The molecular weight excluding hydrogens is 292 g/mol. The maximum atomic E-state index is 12.2. The van der Waals surface area contributed by atoms with E-state index in [2.05, 4.69) is 26.1 Å². The van der Waals surface area contributed by atoms with E-state index in [1.807, 2.05) is 0 Å². The van der Waals surface area contributed by atoms with Gasteiger partial charge in [0.2, 0.25) is 5.91 Å². The lowest BCUT2D eigenvalue weighted by Gasteiger charge is -2.26. The normalized spacial score (nSPS) is 24.6. The second kappa shape index (κ2) is 7.28. The molecule has 1 aliphatic carbocycles. The molecule has 0 spiro atoms. The predicted molar refractivity (Wildman–Crippen MR) is 88.4 cm³/mol. The van der Waals surface area contributed by atoms with E-state index in [4.69, 9.17) is 0 Å². The molecule has 1 aliphatic heterocycles. The summed E-state index contributed by atoms with van der Waals surface area (Å²) in [4.78, 5) is 36.2. The van der Waals surface area contributed by atoms with Gasteiger partial charge in [0.05, 0.1) is 0 Å². The molecule has 1 saturated carbocycles. The number of hydrogen-bond acceptors (Lipinski definition) is 3. The molecule has 1 fully saturated rings. The lowest BCUT2D eigenvalue weighted by atomic mass is 9.79. The lowest BCUT2D eigenvalue weighted by Crippen LogP contribution is -2.33. The summed E-state index contributed by atoms with van der Waals surface area (Å²) in [5, 5.41) is 3.00. The van der Waals surface area contributed by atoms with E-state index in [9.17, 15) is 14.4 Å². The SMILES string of the molecule is CC(C)(C)[C@@H]1CCC(C(=O)NCCCCN2C(=O)C=CC2=O)C1. The third-order valence-corrected chi connectivity index (χ3v) is 5.04. The Morgan fingerprint density at radius 3 is 2.39 bits per heavy atom. The Kier molecular flexibility index (Phi) is 5.60. The van der Waals surface area contributed by atoms with Gasteiger partial charge >= 0.3 is 0 Å². The summed E-state index contributed by atoms with van der Waals surface area (Å²) in [7, 11) is 0. The van der Waals surface area contributed by atoms with Gasteiger partial charge in [-0.15, -0.1) is 0 Å². The summed E-state index contributed by atoms with van der Waals surface area (Å²) in [6.07, 6.45) is 7.19. The fourth-order valence-corrected chi connectivity index (χ4v) is 3.41. The van der Waals surface area contributed by atoms with Crippen LogP contribution in [-0.2, 0) is 14.4 Å². The Bertz CT molecular complexity index is 487. The number of amides is 3. The molecule has 0 aromatic heterocycles. The van der Waals surface area contributed by atoms with Crippen molar-refractivity contribution in [2.75, 3.05) is 13.1 Å². The van der Waals surface area contributed by atoms with Gasteiger partial charge in [0.25, 0.3) is 11.8 Å². The topological polar surface area (TPSA) is 66.5 Å². The third-order valence-electron chi connectivity index (χ3n) is 5.04. The number of carbonyl (C=O) groups excluding carboxylic acids is 3. The Hall–Kier alpha value is -1.65. The molecule has 0 radical (unpaired) electrons. The minimum absolute atomic E-state index is 0.144. The van der Waals surface area contributed by atoms with Gasteiger partial charge in [-0.2, -0.15) is 0 Å². The van der Waals surface area contributed by atoms with Crippen LogP contribution in [0.4, 0.5) is 0 Å². The first-order valence-corrected chi connectivity index (χ1v) is 8.60. The molecule has 0 saturated heterocycles. The molecular formula is C18H28N2O3. The predicted octanol–water partition coefficient (Wildman–Crippen LogP) is 2.27. The summed E-state index contributed by atoms with van der Waals surface area (Å²) in [5.41, 5.74) is 0.276. The highest BCUT2D eigenvalue weighted by Gasteiger charge is 2.35. The second-order valence-electron chi connectivity index (χ2n) is 7.73. The first-order chi connectivity index (χ1) is 10.8. The van der Waals surface area contributed by atoms with E-state index in [0.29, 0.717) is 25.4 Å². The van der Waals surface area contributed by atoms with Crippen molar-refractivity contribution in [2.45, 2.75) is 52.9 Å². The van der Waals surface area contributed by atoms with Gasteiger partial charge < -0.3 is 5.32 Å². The summed E-state index contributed by atoms with van der Waals surface area (Å²) in [6, 6.07) is 0. The molecule has 1 unspecified atom stereocenters. The van der Waals surface area contributed by atoms with Crippen LogP contribution in [0.3, 0.4) is 0 Å². The van der Waals surface area contributed by atoms with E-state index >= 15 is 0 Å². The maximum absolute atomic E-state index is 12.2. The number of rotatable bonds is 6. The van der Waals surface area contributed by atoms with Gasteiger partial charge in [-0.1, -0.05) is 20.8 Å². The first kappa shape index (κ1) is 17.7. The monoisotopic (exact) mass is 320 g/mol. The summed E-state index contributed by atoms with van der Waals surface area (Å²) in [6.45, 7) is 7.77. The van der Waals surface area contributed by atoms with Crippen LogP contribution in [0.1, 0.15) is 52.9 Å². The van der Waals surface area contributed by atoms with Crippen molar-refractivity contribution in [1.29, 1.82) is 0 Å². The van der Waals surface area contributed by atoms with Crippen LogP contribution in [0.2, 0.25) is 0 Å². The van der Waals surface area contributed by atoms with E-state index in [-0.39, 0.29) is 29.1 Å². The van der Waals surface area contributed by atoms with Crippen LogP contribution >= 0.6 is 0 Å². The van der Waals surface area contributed by atoms with Gasteiger partial charge in [-0.25, -0.2) is 0 Å². The molecule has 128 valence electrons. The van der Waals surface area contributed by atoms with Crippen LogP contribution in [-0.4, -0.2) is 35.7 Å². The molecule has 3 amide bonds. The van der Waals surface area contributed by atoms with Crippen LogP contribution in [0.5, 0.6) is 0 Å². The van der Waals surface area contributed by atoms with Crippen molar-refractivity contribution in [1.82, 2.24) is 10.2 Å². The van der Waals surface area contributed by atoms with Crippen molar-refractivity contribution in [3.63, 3.8) is 0 Å². The average molecular weight is 320 g/mol. The molecule has 0 aromatic rings. The van der Waals surface area contributed by atoms with Crippen molar-refractivity contribution in [3.8, 4) is 0 Å². The van der Waals surface area contributed by atoms with E-state index in [1.165, 1.54) is 17.1 Å². The van der Waals surface area contributed by atoms with Crippen LogP contribution in [0.25, 0.3) is 0 Å². The highest BCUT2D eigenvalue weighted by atomic mass is 16.2. The Morgan fingerprint density at radius 2 is 1.83 bits per heavy atom. The zero-order valence-electron chi connectivity index (χ0n) is 14.4. The van der Waals surface area contributed by atoms with E-state index < -0.39 is 0 Å². The molecule has 1 N–H and O–H groups in total. The Morgan fingerprint density at radius 1 is 1.17 bits per heavy atom. The van der Waals surface area contributed by atoms with Crippen molar-refractivity contribution in [3.05, 3.63) is 12.2 Å². The standard InChI is InChI=1S/C18H28N2O3/c1-18(2,3)14-7-6-13(12-14)17(23)19-10-4-5-11-20-15(21)8-9-16(20)22/h8-9,13-14H,4-7,10-12H2,1-3H3,(H,19,23)/t13?,14-/m1/s1. The van der Waals surface area contributed by atoms with E-state index in [0.717, 1.165) is 25.7 Å². The molecule has 1 heterocycles. The first-order valence-electron chi connectivity index (χ1n) is 8.60.